The molecule has 0 aliphatic carbocycles. The predicted molar refractivity (Wildman–Crippen MR) is 114 cm³/mol. The normalized spacial score (nSPS) is 17.3. The number of carbonyl (C=O) groups is 2. The van der Waals surface area contributed by atoms with Gasteiger partial charge < -0.3 is 9.64 Å². The van der Waals surface area contributed by atoms with E-state index in [4.69, 9.17) is 16.3 Å². The summed E-state index contributed by atoms with van der Waals surface area (Å²) in [4.78, 5) is 30.3. The van der Waals surface area contributed by atoms with Crippen molar-refractivity contribution in [2.45, 2.75) is 26.2 Å². The van der Waals surface area contributed by atoms with Gasteiger partial charge in [-0.3, -0.25) is 9.59 Å². The first-order chi connectivity index (χ1) is 14.0. The molecule has 6 heteroatoms. The number of nitrogens with zero attached hydrogens (tertiary/aromatic N) is 2. The molecule has 2 heterocycles. The first-order valence-corrected chi connectivity index (χ1v) is 10.2. The summed E-state index contributed by atoms with van der Waals surface area (Å²) in [7, 11) is 1.57. The quantitative estimate of drug-likeness (QED) is 0.700. The number of piperidine rings is 1. The van der Waals surface area contributed by atoms with E-state index in [1.165, 1.54) is 4.90 Å². The van der Waals surface area contributed by atoms with Crippen LogP contribution in [0.25, 0.3) is 5.57 Å². The fourth-order valence-corrected chi connectivity index (χ4v) is 4.15. The van der Waals surface area contributed by atoms with E-state index in [1.807, 2.05) is 36.1 Å². The van der Waals surface area contributed by atoms with Crippen molar-refractivity contribution in [3.63, 3.8) is 0 Å². The maximum atomic E-state index is 13.6. The van der Waals surface area contributed by atoms with Crippen molar-refractivity contribution in [2.75, 3.05) is 25.1 Å². The van der Waals surface area contributed by atoms with Gasteiger partial charge in [-0.25, -0.2) is 4.90 Å². The second kappa shape index (κ2) is 7.91. The molecule has 0 bridgehead atoms. The molecule has 0 saturated carbocycles. The Kier molecular flexibility index (Phi) is 5.33. The lowest BCUT2D eigenvalue weighted by Gasteiger charge is -2.29. The van der Waals surface area contributed by atoms with Gasteiger partial charge >= 0.3 is 0 Å². The van der Waals surface area contributed by atoms with Gasteiger partial charge in [-0.2, -0.15) is 0 Å². The van der Waals surface area contributed by atoms with Crippen LogP contribution < -0.4 is 9.64 Å². The molecule has 5 nitrogen and oxygen atoms in total. The standard InChI is InChI=1S/C23H23ClN2O3/c1-15-10-11-16(14-18(15)24)26-22(27)20(17-8-4-5-9-19(17)29-2)21(23(26)28)25-12-6-3-7-13-25/h4-5,8-11,14H,3,6-7,12-13H2,1-2H3. The molecule has 1 fully saturated rings. The molecule has 2 aliphatic heterocycles. The molecule has 0 atom stereocenters. The number of hydrogen-bond donors (Lipinski definition) is 0. The number of anilines is 1. The van der Waals surface area contributed by atoms with Crippen molar-refractivity contribution < 1.29 is 14.3 Å². The van der Waals surface area contributed by atoms with E-state index in [1.54, 1.807) is 25.3 Å². The Labute approximate surface area is 175 Å². The fraction of sp³-hybridized carbons (Fsp3) is 0.304. The molecule has 0 unspecified atom stereocenters. The molecule has 0 N–H and O–H groups in total. The highest BCUT2D eigenvalue weighted by molar-refractivity contribution is 6.46. The molecule has 2 aliphatic rings. The lowest BCUT2D eigenvalue weighted by atomic mass is 10.0. The number of carbonyl (C=O) groups excluding carboxylic acids is 2. The van der Waals surface area contributed by atoms with E-state index in [9.17, 15) is 9.59 Å². The van der Waals surface area contributed by atoms with Gasteiger partial charge in [-0.05, 0) is 49.9 Å². The number of ether oxygens (including phenoxy) is 1. The minimum atomic E-state index is -0.347. The van der Waals surface area contributed by atoms with Crippen LogP contribution in [0, 0.1) is 6.92 Å². The summed E-state index contributed by atoms with van der Waals surface area (Å²) in [5, 5.41) is 0.522. The van der Waals surface area contributed by atoms with Gasteiger partial charge in [0, 0.05) is 23.7 Å². The molecule has 2 amide bonds. The number of aryl methyl sites for hydroxylation is 1. The largest absolute Gasteiger partial charge is 0.496 e. The van der Waals surface area contributed by atoms with Crippen molar-refractivity contribution >= 4 is 34.7 Å². The van der Waals surface area contributed by atoms with Gasteiger partial charge in [-0.15, -0.1) is 0 Å². The third-order valence-electron chi connectivity index (χ3n) is 5.52. The summed E-state index contributed by atoms with van der Waals surface area (Å²) in [6.45, 7) is 3.41. The number of hydrogen-bond acceptors (Lipinski definition) is 4. The zero-order valence-corrected chi connectivity index (χ0v) is 17.3. The van der Waals surface area contributed by atoms with Crippen molar-refractivity contribution in [1.29, 1.82) is 0 Å². The Bertz CT molecular complexity index is 1010. The maximum absolute atomic E-state index is 13.6. The van der Waals surface area contributed by atoms with Crippen molar-refractivity contribution in [1.82, 2.24) is 4.90 Å². The van der Waals surface area contributed by atoms with Crippen LogP contribution in [-0.2, 0) is 9.59 Å². The Morgan fingerprint density at radius 3 is 2.38 bits per heavy atom. The highest BCUT2D eigenvalue weighted by Crippen LogP contribution is 2.39. The third kappa shape index (κ3) is 3.40. The molecule has 29 heavy (non-hydrogen) atoms. The van der Waals surface area contributed by atoms with E-state index in [0.29, 0.717) is 33.3 Å². The Morgan fingerprint density at radius 1 is 0.966 bits per heavy atom. The molecule has 4 rings (SSSR count). The van der Waals surface area contributed by atoms with Crippen LogP contribution in [0.15, 0.2) is 48.2 Å². The van der Waals surface area contributed by atoms with Crippen LogP contribution >= 0.6 is 11.6 Å². The monoisotopic (exact) mass is 410 g/mol. The topological polar surface area (TPSA) is 49.9 Å². The SMILES string of the molecule is COc1ccccc1C1=C(N2CCCCC2)C(=O)N(c2ccc(C)c(Cl)c2)C1=O. The zero-order valence-electron chi connectivity index (χ0n) is 16.6. The average Bonchev–Trinajstić information content (AvgIpc) is 3.00. The number of para-hydroxylation sites is 1. The number of likely N-dealkylation sites (tertiary alicyclic amines) is 1. The molecule has 150 valence electrons. The summed E-state index contributed by atoms with van der Waals surface area (Å²) in [6, 6.07) is 12.6. The fourth-order valence-electron chi connectivity index (χ4n) is 3.98. The second-order valence-electron chi connectivity index (χ2n) is 7.35. The first kappa shape index (κ1) is 19.5. The van der Waals surface area contributed by atoms with Gasteiger partial charge in [0.05, 0.1) is 18.4 Å². The number of amides is 2. The van der Waals surface area contributed by atoms with Gasteiger partial charge in [0.1, 0.15) is 11.4 Å². The van der Waals surface area contributed by atoms with Crippen LogP contribution in [0.4, 0.5) is 5.69 Å². The predicted octanol–water partition coefficient (Wildman–Crippen LogP) is 4.43. The first-order valence-electron chi connectivity index (χ1n) is 9.80. The number of rotatable bonds is 4. The summed E-state index contributed by atoms with van der Waals surface area (Å²) in [5.74, 6) is -0.0836. The van der Waals surface area contributed by atoms with Gasteiger partial charge in [-0.1, -0.05) is 35.9 Å². The maximum Gasteiger partial charge on any atom is 0.282 e. The van der Waals surface area contributed by atoms with Crippen molar-refractivity contribution in [2.24, 2.45) is 0 Å². The van der Waals surface area contributed by atoms with E-state index in [2.05, 4.69) is 0 Å². The molecule has 1 saturated heterocycles. The molecular weight excluding hydrogens is 388 g/mol. The van der Waals surface area contributed by atoms with Gasteiger partial charge in [0.25, 0.3) is 11.8 Å². The van der Waals surface area contributed by atoms with Crippen LogP contribution in [0.3, 0.4) is 0 Å². The van der Waals surface area contributed by atoms with E-state index in [0.717, 1.165) is 37.9 Å². The molecular formula is C23H23ClN2O3. The average molecular weight is 411 g/mol. The number of methoxy groups -OCH3 is 1. The van der Waals surface area contributed by atoms with Crippen molar-refractivity contribution in [3.05, 3.63) is 64.3 Å². The number of imide groups is 1. The molecule has 0 radical (unpaired) electrons. The van der Waals surface area contributed by atoms with Crippen LogP contribution in [0.1, 0.15) is 30.4 Å². The molecule has 0 aromatic heterocycles. The minimum absolute atomic E-state index is 0.308. The molecule has 2 aromatic rings. The van der Waals surface area contributed by atoms with Crippen molar-refractivity contribution in [3.8, 4) is 5.75 Å². The van der Waals surface area contributed by atoms with Gasteiger partial charge in [0.15, 0.2) is 0 Å². The number of benzene rings is 2. The summed E-state index contributed by atoms with van der Waals surface area (Å²) in [5.41, 5.74) is 2.86. The highest BCUT2D eigenvalue weighted by atomic mass is 35.5. The lowest BCUT2D eigenvalue weighted by Crippen LogP contribution is -2.37. The van der Waals surface area contributed by atoms with Crippen LogP contribution in [0.5, 0.6) is 5.75 Å². The molecule has 2 aromatic carbocycles. The van der Waals surface area contributed by atoms with E-state index in [-0.39, 0.29) is 11.8 Å². The Hall–Kier alpha value is -2.79. The second-order valence-corrected chi connectivity index (χ2v) is 7.76. The third-order valence-corrected chi connectivity index (χ3v) is 5.93. The van der Waals surface area contributed by atoms with Gasteiger partial charge in [0.2, 0.25) is 0 Å². The van der Waals surface area contributed by atoms with E-state index >= 15 is 0 Å². The molecule has 0 spiro atoms. The number of halogens is 1. The minimum Gasteiger partial charge on any atom is -0.496 e. The van der Waals surface area contributed by atoms with Crippen LogP contribution in [0.2, 0.25) is 5.02 Å². The highest BCUT2D eigenvalue weighted by Gasteiger charge is 2.43. The smallest absolute Gasteiger partial charge is 0.282 e. The Morgan fingerprint density at radius 2 is 1.69 bits per heavy atom. The summed E-state index contributed by atoms with van der Waals surface area (Å²) in [6.07, 6.45) is 3.13. The van der Waals surface area contributed by atoms with Crippen LogP contribution in [-0.4, -0.2) is 36.9 Å². The lowest BCUT2D eigenvalue weighted by molar-refractivity contribution is -0.120. The summed E-state index contributed by atoms with van der Waals surface area (Å²) < 4.78 is 5.50. The Balaban J connectivity index is 1.87. The zero-order chi connectivity index (χ0) is 20.5. The summed E-state index contributed by atoms with van der Waals surface area (Å²) >= 11 is 6.28. The van der Waals surface area contributed by atoms with E-state index < -0.39 is 0 Å².